The maximum absolute atomic E-state index is 12.7. The van der Waals surface area contributed by atoms with Crippen LogP contribution in [0.5, 0.6) is 0 Å². The Morgan fingerprint density at radius 2 is 1.86 bits per heavy atom. The van der Waals surface area contributed by atoms with Crippen LogP contribution in [0.25, 0.3) is 0 Å². The third-order valence-corrected chi connectivity index (χ3v) is 4.45. The quantitative estimate of drug-likeness (QED) is 0.827. The molecule has 22 heavy (non-hydrogen) atoms. The minimum atomic E-state index is -0.154. The second-order valence-electron chi connectivity index (χ2n) is 5.80. The van der Waals surface area contributed by atoms with Gasteiger partial charge in [0.25, 0.3) is 0 Å². The minimum absolute atomic E-state index is 0.0864. The van der Waals surface area contributed by atoms with Gasteiger partial charge < -0.3 is 15.5 Å². The smallest absolute Gasteiger partial charge is 0.324 e. The fourth-order valence-electron chi connectivity index (χ4n) is 3.18. The van der Waals surface area contributed by atoms with E-state index in [4.69, 9.17) is 0 Å². The normalized spacial score (nSPS) is 18.0. The molecule has 6 heteroatoms. The molecule has 1 saturated heterocycles. The number of fused-ring (bicyclic) bond motifs is 1. The maximum Gasteiger partial charge on any atom is 0.324 e. The number of piperidine rings is 1. The number of benzene rings is 1. The molecular formula is C16H22N4O2. The van der Waals surface area contributed by atoms with Gasteiger partial charge in [-0.15, -0.1) is 0 Å². The van der Waals surface area contributed by atoms with Gasteiger partial charge in [0.05, 0.1) is 0 Å². The highest BCUT2D eigenvalue weighted by Crippen LogP contribution is 2.29. The zero-order valence-electron chi connectivity index (χ0n) is 12.8. The van der Waals surface area contributed by atoms with Crippen molar-refractivity contribution in [1.82, 2.24) is 15.5 Å². The van der Waals surface area contributed by atoms with Crippen molar-refractivity contribution in [3.8, 4) is 0 Å². The van der Waals surface area contributed by atoms with Crippen LogP contribution in [0, 0.1) is 0 Å². The van der Waals surface area contributed by atoms with Gasteiger partial charge in [-0.2, -0.15) is 0 Å². The molecule has 2 aliphatic heterocycles. The van der Waals surface area contributed by atoms with Gasteiger partial charge in [-0.05, 0) is 30.9 Å². The van der Waals surface area contributed by atoms with E-state index >= 15 is 0 Å². The lowest BCUT2D eigenvalue weighted by Crippen LogP contribution is -2.51. The molecule has 0 aromatic heterocycles. The highest BCUT2D eigenvalue weighted by molar-refractivity contribution is 5.94. The molecule has 0 aliphatic carbocycles. The molecule has 118 valence electrons. The lowest BCUT2D eigenvalue weighted by molar-refractivity contribution is 0.182. The second kappa shape index (κ2) is 6.25. The van der Waals surface area contributed by atoms with E-state index in [9.17, 15) is 9.59 Å². The van der Waals surface area contributed by atoms with Gasteiger partial charge in [-0.25, -0.2) is 9.59 Å². The zero-order chi connectivity index (χ0) is 15.5. The predicted molar refractivity (Wildman–Crippen MR) is 85.1 cm³/mol. The molecule has 2 heterocycles. The van der Waals surface area contributed by atoms with Gasteiger partial charge in [-0.1, -0.05) is 18.2 Å². The summed E-state index contributed by atoms with van der Waals surface area (Å²) in [6, 6.07) is 8.17. The van der Waals surface area contributed by atoms with Crippen molar-refractivity contribution in [3.05, 3.63) is 29.8 Å². The first kappa shape index (κ1) is 14.7. The summed E-state index contributed by atoms with van der Waals surface area (Å²) < 4.78 is 0. The Hall–Kier alpha value is -2.24. The van der Waals surface area contributed by atoms with E-state index in [2.05, 4.69) is 16.7 Å². The van der Waals surface area contributed by atoms with Gasteiger partial charge in [0.15, 0.2) is 0 Å². The van der Waals surface area contributed by atoms with Crippen LogP contribution in [0.1, 0.15) is 18.4 Å². The number of hydrogen-bond acceptors (Lipinski definition) is 2. The maximum atomic E-state index is 12.7. The van der Waals surface area contributed by atoms with Crippen LogP contribution in [0.15, 0.2) is 24.3 Å². The number of carbonyl (C=O) groups is 2. The lowest BCUT2D eigenvalue weighted by atomic mass is 10.1. The molecule has 0 bridgehead atoms. The van der Waals surface area contributed by atoms with E-state index < -0.39 is 0 Å². The molecule has 1 aromatic rings. The fourth-order valence-corrected chi connectivity index (χ4v) is 3.18. The Morgan fingerprint density at radius 3 is 2.59 bits per heavy atom. The van der Waals surface area contributed by atoms with Crippen molar-refractivity contribution < 1.29 is 9.59 Å². The molecule has 3 rings (SSSR count). The van der Waals surface area contributed by atoms with E-state index in [1.54, 1.807) is 7.05 Å². The number of urea groups is 2. The first-order valence-corrected chi connectivity index (χ1v) is 7.81. The number of carbonyl (C=O) groups excluding carboxylic acids is 2. The Labute approximate surface area is 130 Å². The summed E-state index contributed by atoms with van der Waals surface area (Å²) >= 11 is 0. The summed E-state index contributed by atoms with van der Waals surface area (Å²) in [4.78, 5) is 27.8. The Kier molecular flexibility index (Phi) is 4.18. The molecule has 1 aromatic carbocycles. The number of nitrogens with one attached hydrogen (secondary N) is 2. The number of nitrogens with zero attached hydrogens (tertiary/aromatic N) is 2. The molecule has 0 atom stereocenters. The fraction of sp³-hybridized carbons (Fsp3) is 0.500. The third-order valence-electron chi connectivity index (χ3n) is 4.45. The Balaban J connectivity index is 1.58. The molecule has 0 radical (unpaired) electrons. The molecule has 2 aliphatic rings. The van der Waals surface area contributed by atoms with Crippen molar-refractivity contribution in [2.24, 2.45) is 0 Å². The van der Waals surface area contributed by atoms with Crippen LogP contribution in [0.2, 0.25) is 0 Å². The number of para-hydroxylation sites is 1. The number of hydrogen-bond donors (Lipinski definition) is 2. The van der Waals surface area contributed by atoms with Gasteiger partial charge in [0.1, 0.15) is 0 Å². The second-order valence-corrected chi connectivity index (χ2v) is 5.80. The standard InChI is InChI=1S/C16H22N4O2/c1-17-15(21)18-13-7-9-19(10-8-13)16(22)20-11-6-12-4-2-3-5-14(12)20/h2-5,13H,6-11H2,1H3,(H2,17,18,21). The highest BCUT2D eigenvalue weighted by atomic mass is 16.2. The van der Waals surface area contributed by atoms with Gasteiger partial charge in [0, 0.05) is 38.4 Å². The van der Waals surface area contributed by atoms with Crippen LogP contribution in [-0.4, -0.2) is 49.7 Å². The van der Waals surface area contributed by atoms with Gasteiger partial charge >= 0.3 is 12.1 Å². The van der Waals surface area contributed by atoms with Crippen molar-refractivity contribution in [3.63, 3.8) is 0 Å². The molecule has 0 unspecified atom stereocenters. The molecule has 6 nitrogen and oxygen atoms in total. The topological polar surface area (TPSA) is 64.7 Å². The first-order chi connectivity index (χ1) is 10.7. The number of rotatable bonds is 1. The van der Waals surface area contributed by atoms with E-state index in [-0.39, 0.29) is 18.1 Å². The zero-order valence-corrected chi connectivity index (χ0v) is 12.8. The van der Waals surface area contributed by atoms with Crippen molar-refractivity contribution in [2.75, 3.05) is 31.6 Å². The first-order valence-electron chi connectivity index (χ1n) is 7.81. The molecular weight excluding hydrogens is 280 g/mol. The summed E-state index contributed by atoms with van der Waals surface area (Å²) in [5, 5.41) is 5.47. The van der Waals surface area contributed by atoms with Crippen LogP contribution >= 0.6 is 0 Å². The lowest BCUT2D eigenvalue weighted by Gasteiger charge is -2.34. The van der Waals surface area contributed by atoms with E-state index in [1.807, 2.05) is 28.0 Å². The molecule has 0 saturated carbocycles. The summed E-state index contributed by atoms with van der Waals surface area (Å²) in [6.07, 6.45) is 2.53. The minimum Gasteiger partial charge on any atom is -0.341 e. The van der Waals surface area contributed by atoms with Crippen LogP contribution in [-0.2, 0) is 6.42 Å². The monoisotopic (exact) mass is 302 g/mol. The summed E-state index contributed by atoms with van der Waals surface area (Å²) in [6.45, 7) is 2.13. The highest BCUT2D eigenvalue weighted by Gasteiger charge is 2.30. The van der Waals surface area contributed by atoms with Crippen LogP contribution < -0.4 is 15.5 Å². The average Bonchev–Trinajstić information content (AvgIpc) is 2.99. The van der Waals surface area contributed by atoms with Crippen LogP contribution in [0.3, 0.4) is 0 Å². The number of anilines is 1. The van der Waals surface area contributed by atoms with E-state index in [1.165, 1.54) is 5.56 Å². The molecule has 4 amide bonds. The van der Waals surface area contributed by atoms with Crippen LogP contribution in [0.4, 0.5) is 15.3 Å². The molecule has 0 spiro atoms. The molecule has 2 N–H and O–H groups in total. The predicted octanol–water partition coefficient (Wildman–Crippen LogP) is 1.56. The summed E-state index contributed by atoms with van der Waals surface area (Å²) in [7, 11) is 1.61. The van der Waals surface area contributed by atoms with Crippen molar-refractivity contribution >= 4 is 17.7 Å². The van der Waals surface area contributed by atoms with Gasteiger partial charge in [-0.3, -0.25) is 4.90 Å². The Bertz CT molecular complexity index is 567. The van der Waals surface area contributed by atoms with E-state index in [0.717, 1.165) is 31.5 Å². The number of likely N-dealkylation sites (tertiary alicyclic amines) is 1. The third kappa shape index (κ3) is 2.86. The van der Waals surface area contributed by atoms with Crippen molar-refractivity contribution in [2.45, 2.75) is 25.3 Å². The Morgan fingerprint density at radius 1 is 1.14 bits per heavy atom. The number of amides is 4. The summed E-state index contributed by atoms with van der Waals surface area (Å²) in [5.41, 5.74) is 2.28. The molecule has 1 fully saturated rings. The SMILES string of the molecule is CNC(=O)NC1CCN(C(=O)N2CCc3ccccc32)CC1. The van der Waals surface area contributed by atoms with Gasteiger partial charge in [0.2, 0.25) is 0 Å². The van der Waals surface area contributed by atoms with Crippen molar-refractivity contribution in [1.29, 1.82) is 0 Å². The van der Waals surface area contributed by atoms with E-state index in [0.29, 0.717) is 13.1 Å². The summed E-state index contributed by atoms with van der Waals surface area (Å²) in [5.74, 6) is 0. The largest absolute Gasteiger partial charge is 0.341 e. The average molecular weight is 302 g/mol.